The number of esters is 1. The zero-order chi connectivity index (χ0) is 28.2. The van der Waals surface area contributed by atoms with Gasteiger partial charge in [0.25, 0.3) is 0 Å². The van der Waals surface area contributed by atoms with E-state index in [0.717, 1.165) is 5.56 Å². The van der Waals surface area contributed by atoms with E-state index in [-0.39, 0.29) is 32.2 Å². The third-order valence-electron chi connectivity index (χ3n) is 7.62. The molecular weight excluding hydrogens is 506 g/mol. The Kier molecular flexibility index (Phi) is 8.41. The molecular formula is C28H32N3O8+. The Labute approximate surface area is 225 Å². The van der Waals surface area contributed by atoms with Gasteiger partial charge in [0, 0.05) is 19.3 Å². The molecule has 5 atom stereocenters. The topological polar surface area (TPSA) is 164 Å². The van der Waals surface area contributed by atoms with E-state index in [4.69, 9.17) is 15.6 Å². The number of carbonyl (C=O) groups is 5. The molecule has 0 bridgehead atoms. The number of amides is 1. The quantitative estimate of drug-likeness (QED) is 0.301. The largest absolute Gasteiger partial charge is 0.481 e. The van der Waals surface area contributed by atoms with Crippen LogP contribution < -0.4 is 10.7 Å². The van der Waals surface area contributed by atoms with Crippen LogP contribution in [0, 0.1) is 5.92 Å². The van der Waals surface area contributed by atoms with Crippen molar-refractivity contribution in [2.45, 2.75) is 50.2 Å². The predicted octanol–water partition coefficient (Wildman–Crippen LogP) is 1.54. The lowest BCUT2D eigenvalue weighted by molar-refractivity contribution is -0.949. The number of cyclic esters (lactones) is 1. The number of carbonyl (C=O) groups excluding carboxylic acids is 3. The number of rotatable bonds is 10. The number of carboxylic acid groups (broad SMARTS) is 2. The minimum atomic E-state index is -1.52. The molecule has 2 aliphatic rings. The Hall–Kier alpha value is -4.09. The molecule has 39 heavy (non-hydrogen) atoms. The Morgan fingerprint density at radius 3 is 2.28 bits per heavy atom. The first-order valence-electron chi connectivity index (χ1n) is 12.9. The Morgan fingerprint density at radius 1 is 1.03 bits per heavy atom. The second kappa shape index (κ2) is 11.7. The van der Waals surface area contributed by atoms with Gasteiger partial charge in [0.05, 0.1) is 17.6 Å². The SMILES string of the molecule is N[C@@H](CCC(=O)O)C(=O)C1CC[N+]2(C(CCc3ccccc3)C(=O)OCC(=O)N2c2ccccc2)[C@@H]1C(=O)O. The van der Waals surface area contributed by atoms with Crippen molar-refractivity contribution in [1.29, 1.82) is 0 Å². The van der Waals surface area contributed by atoms with Crippen LogP contribution in [-0.4, -0.2) is 75.7 Å². The number of hydrogen-bond acceptors (Lipinski definition) is 7. The molecule has 2 heterocycles. The molecule has 1 spiro atoms. The number of anilines is 1. The summed E-state index contributed by atoms with van der Waals surface area (Å²) in [6.45, 7) is -0.577. The van der Waals surface area contributed by atoms with Gasteiger partial charge in [-0.15, -0.1) is 0 Å². The number of ketones is 1. The summed E-state index contributed by atoms with van der Waals surface area (Å²) in [6, 6.07) is 13.9. The molecule has 1 amide bonds. The van der Waals surface area contributed by atoms with Gasteiger partial charge in [-0.2, -0.15) is 9.60 Å². The van der Waals surface area contributed by atoms with Crippen LogP contribution >= 0.6 is 0 Å². The van der Waals surface area contributed by atoms with E-state index in [1.165, 1.54) is 5.01 Å². The Morgan fingerprint density at radius 2 is 1.67 bits per heavy atom. The molecule has 0 radical (unpaired) electrons. The van der Waals surface area contributed by atoms with Gasteiger partial charge in [0.2, 0.25) is 12.1 Å². The zero-order valence-electron chi connectivity index (χ0n) is 21.3. The van der Waals surface area contributed by atoms with Crippen LogP contribution in [0.5, 0.6) is 0 Å². The number of aryl methyl sites for hydroxylation is 1. The number of benzene rings is 2. The van der Waals surface area contributed by atoms with Gasteiger partial charge in [-0.25, -0.2) is 9.59 Å². The Bertz CT molecular complexity index is 1240. The maximum atomic E-state index is 13.6. The van der Waals surface area contributed by atoms with Gasteiger partial charge >= 0.3 is 23.8 Å². The molecule has 0 saturated carbocycles. The van der Waals surface area contributed by atoms with Crippen molar-refractivity contribution in [1.82, 2.24) is 0 Å². The maximum Gasteiger partial charge on any atom is 0.367 e. The van der Waals surface area contributed by atoms with Gasteiger partial charge in [-0.1, -0.05) is 48.5 Å². The van der Waals surface area contributed by atoms with Crippen LogP contribution in [0.15, 0.2) is 60.7 Å². The van der Waals surface area contributed by atoms with Crippen LogP contribution in [0.1, 0.15) is 31.2 Å². The van der Waals surface area contributed by atoms with E-state index >= 15 is 0 Å². The lowest BCUT2D eigenvalue weighted by atomic mass is 9.88. The molecule has 4 rings (SSSR count). The smallest absolute Gasteiger partial charge is 0.367 e. The molecule has 2 aliphatic heterocycles. The van der Waals surface area contributed by atoms with Crippen LogP contribution in [0.2, 0.25) is 0 Å². The maximum absolute atomic E-state index is 13.6. The van der Waals surface area contributed by atoms with Crippen LogP contribution in [-0.2, 0) is 35.1 Å². The van der Waals surface area contributed by atoms with E-state index in [9.17, 15) is 29.1 Å². The van der Waals surface area contributed by atoms with Crippen LogP contribution in [0.25, 0.3) is 0 Å². The number of hydrogen-bond donors (Lipinski definition) is 3. The number of ether oxygens (including phenoxy) is 1. The molecule has 2 aromatic carbocycles. The standard InChI is InChI=1S/C28H31N3O8/c29-21(12-14-24(33)34)26(35)20-15-16-31(25(20)27(36)37)22(13-11-18-7-3-1-4-8-18)28(38)39-17-23(32)30(31)19-9-5-2-6-10-19/h1-10,20-22,25H,11-17,29H2,(H-,33,34,36,37)/p+1/t20?,21-,22?,25-,31?/m0/s1. The zero-order valence-corrected chi connectivity index (χ0v) is 21.3. The number of Topliss-reactive ketones (excluding diaryl/α,β-unsaturated/α-hetero) is 1. The van der Waals surface area contributed by atoms with E-state index in [1.54, 1.807) is 30.3 Å². The monoisotopic (exact) mass is 538 g/mol. The summed E-state index contributed by atoms with van der Waals surface area (Å²) in [7, 11) is 0. The van der Waals surface area contributed by atoms with Crippen molar-refractivity contribution >= 4 is 35.3 Å². The lowest BCUT2D eigenvalue weighted by Crippen LogP contribution is -2.73. The number of quaternary nitrogens is 1. The van der Waals surface area contributed by atoms with Gasteiger partial charge in [-0.05, 0) is 30.5 Å². The molecule has 11 heteroatoms. The number of nitrogens with two attached hydrogens (primary N) is 1. The van der Waals surface area contributed by atoms with Gasteiger partial charge < -0.3 is 20.7 Å². The van der Waals surface area contributed by atoms with Crippen molar-refractivity contribution in [3.05, 3.63) is 66.2 Å². The van der Waals surface area contributed by atoms with Crippen molar-refractivity contribution in [3.8, 4) is 0 Å². The second-order valence-corrected chi connectivity index (χ2v) is 9.92. The average molecular weight is 539 g/mol. The summed E-state index contributed by atoms with van der Waals surface area (Å²) >= 11 is 0. The highest BCUT2D eigenvalue weighted by atomic mass is 16.5. The highest BCUT2D eigenvalue weighted by Gasteiger charge is 2.66. The number of nitrogens with zero attached hydrogens (tertiary/aromatic N) is 2. The van der Waals surface area contributed by atoms with Crippen LogP contribution in [0.4, 0.5) is 5.69 Å². The number of aliphatic carboxylic acids is 2. The van der Waals surface area contributed by atoms with E-state index in [1.807, 2.05) is 30.3 Å². The first-order valence-corrected chi connectivity index (χ1v) is 12.9. The van der Waals surface area contributed by atoms with Crippen molar-refractivity contribution in [2.75, 3.05) is 18.2 Å². The molecule has 206 valence electrons. The fourth-order valence-electron chi connectivity index (χ4n) is 5.92. The average Bonchev–Trinajstić information content (AvgIpc) is 3.27. The molecule has 2 aromatic rings. The summed E-state index contributed by atoms with van der Waals surface area (Å²) in [5.74, 6) is -5.54. The summed E-state index contributed by atoms with van der Waals surface area (Å²) in [6.07, 6.45) is 0.105. The third-order valence-corrected chi connectivity index (χ3v) is 7.62. The molecule has 2 fully saturated rings. The fraction of sp³-hybridized carbons (Fsp3) is 0.393. The number of para-hydroxylation sites is 1. The van der Waals surface area contributed by atoms with Crippen molar-refractivity contribution < 1.29 is 43.5 Å². The van der Waals surface area contributed by atoms with E-state index in [2.05, 4.69) is 0 Å². The van der Waals surface area contributed by atoms with Gasteiger partial charge in [-0.3, -0.25) is 14.4 Å². The molecule has 2 saturated heterocycles. The minimum Gasteiger partial charge on any atom is -0.481 e. The second-order valence-electron chi connectivity index (χ2n) is 9.92. The third kappa shape index (κ3) is 5.55. The molecule has 0 aliphatic carbocycles. The summed E-state index contributed by atoms with van der Waals surface area (Å²) in [5.41, 5.74) is 7.33. The first-order chi connectivity index (χ1) is 18.7. The minimum absolute atomic E-state index is 0.00574. The fourth-order valence-corrected chi connectivity index (χ4v) is 5.92. The van der Waals surface area contributed by atoms with Crippen molar-refractivity contribution in [2.24, 2.45) is 11.7 Å². The molecule has 0 aromatic heterocycles. The number of carboxylic acids is 2. The molecule has 3 unspecified atom stereocenters. The lowest BCUT2D eigenvalue weighted by Gasteiger charge is -2.47. The molecule has 4 N–H and O–H groups in total. The Balaban J connectivity index is 1.83. The molecule has 11 nitrogen and oxygen atoms in total. The summed E-state index contributed by atoms with van der Waals surface area (Å²) in [4.78, 5) is 64.6. The van der Waals surface area contributed by atoms with E-state index < -0.39 is 64.8 Å². The van der Waals surface area contributed by atoms with Gasteiger partial charge in [0.1, 0.15) is 6.54 Å². The summed E-state index contributed by atoms with van der Waals surface area (Å²) < 4.78 is 4.74. The first kappa shape index (κ1) is 27.9. The van der Waals surface area contributed by atoms with Crippen LogP contribution in [0.3, 0.4) is 0 Å². The highest BCUT2D eigenvalue weighted by Crippen LogP contribution is 2.43. The predicted molar refractivity (Wildman–Crippen MR) is 138 cm³/mol. The normalized spacial score (nSPS) is 25.7. The van der Waals surface area contributed by atoms with Gasteiger partial charge in [0.15, 0.2) is 12.4 Å². The van der Waals surface area contributed by atoms with E-state index in [0.29, 0.717) is 12.1 Å². The summed E-state index contributed by atoms with van der Waals surface area (Å²) in [5, 5.41) is 20.9. The van der Waals surface area contributed by atoms with Crippen molar-refractivity contribution in [3.63, 3.8) is 0 Å². The highest BCUT2D eigenvalue weighted by molar-refractivity contribution is 5.97.